The number of methoxy groups -OCH3 is 1. The van der Waals surface area contributed by atoms with Crippen molar-refractivity contribution in [1.29, 1.82) is 0 Å². The van der Waals surface area contributed by atoms with E-state index in [0.29, 0.717) is 5.56 Å². The van der Waals surface area contributed by atoms with Crippen molar-refractivity contribution in [3.05, 3.63) is 59.2 Å². The average molecular weight is 354 g/mol. The third-order valence-corrected chi connectivity index (χ3v) is 4.58. The molecule has 3 rings (SSSR count). The first-order chi connectivity index (χ1) is 12.3. The predicted octanol–water partition coefficient (Wildman–Crippen LogP) is 3.37. The van der Waals surface area contributed by atoms with Gasteiger partial charge in [0.05, 0.1) is 13.2 Å². The van der Waals surface area contributed by atoms with Crippen molar-refractivity contribution in [2.24, 2.45) is 0 Å². The summed E-state index contributed by atoms with van der Waals surface area (Å²) in [6.07, 6.45) is 2.56. The Morgan fingerprint density at radius 3 is 2.65 bits per heavy atom. The van der Waals surface area contributed by atoms with Crippen LogP contribution in [0.15, 0.2) is 42.5 Å². The predicted molar refractivity (Wildman–Crippen MR) is 98.9 cm³/mol. The lowest BCUT2D eigenvalue weighted by molar-refractivity contribution is -0.0421. The Balaban J connectivity index is 2.07. The normalized spacial score (nSPS) is 18.2. The Bertz CT molecular complexity index is 852. The number of phenols is 1. The molecular weight excluding hydrogens is 332 g/mol. The summed E-state index contributed by atoms with van der Waals surface area (Å²) in [5.74, 6) is 0.139. The number of hydrogen-bond donors (Lipinski definition) is 2. The van der Waals surface area contributed by atoms with Gasteiger partial charge in [-0.3, -0.25) is 4.79 Å². The molecule has 2 aromatic rings. The van der Waals surface area contributed by atoms with Crippen LogP contribution in [0.2, 0.25) is 0 Å². The van der Waals surface area contributed by atoms with Crippen LogP contribution in [0.25, 0.3) is 6.08 Å². The lowest BCUT2D eigenvalue weighted by atomic mass is 9.88. The van der Waals surface area contributed by atoms with Gasteiger partial charge < -0.3 is 19.7 Å². The van der Waals surface area contributed by atoms with Gasteiger partial charge in [0.25, 0.3) is 0 Å². The molecule has 136 valence electrons. The minimum absolute atomic E-state index is 0.0602. The third-order valence-electron chi connectivity index (χ3n) is 4.58. The highest BCUT2D eigenvalue weighted by molar-refractivity contribution is 6.11. The van der Waals surface area contributed by atoms with E-state index in [-0.39, 0.29) is 35.0 Å². The number of carbonyl (C=O) groups excluding carboxylic acids is 1. The van der Waals surface area contributed by atoms with E-state index in [1.165, 1.54) is 19.3 Å². The van der Waals surface area contributed by atoms with Crippen molar-refractivity contribution in [2.45, 2.75) is 32.0 Å². The van der Waals surface area contributed by atoms with Crippen molar-refractivity contribution in [3.8, 4) is 17.2 Å². The summed E-state index contributed by atoms with van der Waals surface area (Å²) in [5.41, 5.74) is 0.662. The fourth-order valence-corrected chi connectivity index (χ4v) is 2.96. The van der Waals surface area contributed by atoms with Crippen molar-refractivity contribution in [3.63, 3.8) is 0 Å². The molecule has 0 spiro atoms. The molecule has 0 amide bonds. The molecule has 0 saturated heterocycles. The van der Waals surface area contributed by atoms with Gasteiger partial charge in [0.2, 0.25) is 0 Å². The van der Waals surface area contributed by atoms with Crippen molar-refractivity contribution in [1.82, 2.24) is 0 Å². The monoisotopic (exact) mass is 354 g/mol. The molecule has 1 heterocycles. The molecule has 0 aromatic heterocycles. The van der Waals surface area contributed by atoms with E-state index in [1.807, 2.05) is 30.3 Å². The highest BCUT2D eigenvalue weighted by atomic mass is 16.5. The van der Waals surface area contributed by atoms with E-state index >= 15 is 0 Å². The highest BCUT2D eigenvalue weighted by Crippen LogP contribution is 2.45. The van der Waals surface area contributed by atoms with Gasteiger partial charge in [-0.15, -0.1) is 0 Å². The maximum atomic E-state index is 12.9. The standard InChI is InChI=1S/C21H22O5/c1-21(2)18(24)11-14-16(23)12-17(25-3)19(20(14)26-21)15(22)10-9-13-7-5-4-6-8-13/h4-10,12,18,23-24H,11H2,1-3H3/b10-9+/t18-/m1/s1. The van der Waals surface area contributed by atoms with Crippen LogP contribution in [0, 0.1) is 0 Å². The van der Waals surface area contributed by atoms with Gasteiger partial charge in [-0.2, -0.15) is 0 Å². The van der Waals surface area contributed by atoms with Gasteiger partial charge in [-0.25, -0.2) is 0 Å². The molecule has 5 nitrogen and oxygen atoms in total. The summed E-state index contributed by atoms with van der Waals surface area (Å²) in [4.78, 5) is 12.9. The fraction of sp³-hybridized carbons (Fsp3) is 0.286. The average Bonchev–Trinajstić information content (AvgIpc) is 2.61. The van der Waals surface area contributed by atoms with Crippen LogP contribution in [-0.2, 0) is 6.42 Å². The quantitative estimate of drug-likeness (QED) is 0.650. The number of phenolic OH excluding ortho intramolecular Hbond substituents is 1. The third kappa shape index (κ3) is 3.30. The lowest BCUT2D eigenvalue weighted by Crippen LogP contribution is -2.46. The molecular formula is C21H22O5. The van der Waals surface area contributed by atoms with E-state index < -0.39 is 11.7 Å². The van der Waals surface area contributed by atoms with Crippen molar-refractivity contribution in [2.75, 3.05) is 7.11 Å². The summed E-state index contributed by atoms with van der Waals surface area (Å²) in [5, 5.41) is 20.5. The largest absolute Gasteiger partial charge is 0.507 e. The molecule has 2 aromatic carbocycles. The van der Waals surface area contributed by atoms with Crippen LogP contribution >= 0.6 is 0 Å². The summed E-state index contributed by atoms with van der Waals surface area (Å²) >= 11 is 0. The number of aliphatic hydroxyl groups excluding tert-OH is 1. The van der Waals surface area contributed by atoms with Gasteiger partial charge >= 0.3 is 0 Å². The number of allylic oxidation sites excluding steroid dienone is 1. The molecule has 1 aliphatic rings. The maximum absolute atomic E-state index is 12.9. The van der Waals surface area contributed by atoms with Crippen LogP contribution in [0.4, 0.5) is 0 Å². The minimum Gasteiger partial charge on any atom is -0.507 e. The zero-order valence-corrected chi connectivity index (χ0v) is 15.0. The van der Waals surface area contributed by atoms with Gasteiger partial charge in [0.15, 0.2) is 5.78 Å². The van der Waals surface area contributed by atoms with E-state index in [4.69, 9.17) is 9.47 Å². The van der Waals surface area contributed by atoms with Gasteiger partial charge in [-0.1, -0.05) is 36.4 Å². The van der Waals surface area contributed by atoms with Crippen LogP contribution in [0.3, 0.4) is 0 Å². The van der Waals surface area contributed by atoms with E-state index in [0.717, 1.165) is 5.56 Å². The highest BCUT2D eigenvalue weighted by Gasteiger charge is 2.39. The van der Waals surface area contributed by atoms with E-state index in [2.05, 4.69) is 0 Å². The Morgan fingerprint density at radius 1 is 1.31 bits per heavy atom. The Hall–Kier alpha value is -2.79. The molecule has 26 heavy (non-hydrogen) atoms. The first-order valence-electron chi connectivity index (χ1n) is 8.41. The summed E-state index contributed by atoms with van der Waals surface area (Å²) in [7, 11) is 1.43. The lowest BCUT2D eigenvalue weighted by Gasteiger charge is -2.38. The summed E-state index contributed by atoms with van der Waals surface area (Å²) < 4.78 is 11.2. The number of fused-ring (bicyclic) bond motifs is 1. The van der Waals surface area contributed by atoms with E-state index in [1.54, 1.807) is 19.9 Å². The van der Waals surface area contributed by atoms with E-state index in [9.17, 15) is 15.0 Å². The SMILES string of the molecule is COc1cc(O)c2c(c1C(=O)/C=C/c1ccccc1)OC(C)(C)[C@H](O)C2. The van der Waals surface area contributed by atoms with Crippen molar-refractivity contribution >= 4 is 11.9 Å². The fourth-order valence-electron chi connectivity index (χ4n) is 2.96. The van der Waals surface area contributed by atoms with Gasteiger partial charge in [0, 0.05) is 18.1 Å². The molecule has 0 saturated carbocycles. The topological polar surface area (TPSA) is 76.0 Å². The Morgan fingerprint density at radius 2 is 2.00 bits per heavy atom. The number of carbonyl (C=O) groups is 1. The second-order valence-corrected chi connectivity index (χ2v) is 6.81. The summed E-state index contributed by atoms with van der Waals surface area (Å²) in [6.45, 7) is 3.48. The number of ketones is 1. The molecule has 5 heteroatoms. The molecule has 0 bridgehead atoms. The molecule has 1 atom stereocenters. The van der Waals surface area contributed by atoms with Gasteiger partial charge in [-0.05, 0) is 25.5 Å². The zero-order valence-electron chi connectivity index (χ0n) is 15.0. The van der Waals surface area contributed by atoms with Crippen LogP contribution in [0.5, 0.6) is 17.2 Å². The van der Waals surface area contributed by atoms with Crippen LogP contribution in [0.1, 0.15) is 35.3 Å². The first kappa shape index (κ1) is 18.0. The second kappa shape index (κ2) is 6.84. The minimum atomic E-state index is -0.885. The number of ether oxygens (including phenoxy) is 2. The number of aromatic hydroxyl groups is 1. The molecule has 2 N–H and O–H groups in total. The molecule has 0 fully saturated rings. The molecule has 0 aliphatic carbocycles. The first-order valence-corrected chi connectivity index (χ1v) is 8.41. The maximum Gasteiger partial charge on any atom is 0.193 e. The number of rotatable bonds is 4. The van der Waals surface area contributed by atoms with Gasteiger partial charge in [0.1, 0.15) is 28.4 Å². The Labute approximate surface area is 152 Å². The Kier molecular flexibility index (Phi) is 4.74. The number of aliphatic hydroxyl groups is 1. The van der Waals surface area contributed by atoms with Crippen molar-refractivity contribution < 1.29 is 24.5 Å². The number of hydrogen-bond acceptors (Lipinski definition) is 5. The smallest absolute Gasteiger partial charge is 0.193 e. The second-order valence-electron chi connectivity index (χ2n) is 6.81. The summed E-state index contributed by atoms with van der Waals surface area (Å²) in [6, 6.07) is 10.9. The van der Waals surface area contributed by atoms with Crippen LogP contribution in [-0.4, -0.2) is 34.8 Å². The van der Waals surface area contributed by atoms with Crippen LogP contribution < -0.4 is 9.47 Å². The molecule has 0 radical (unpaired) electrons. The zero-order chi connectivity index (χ0) is 18.9. The number of benzene rings is 2. The molecule has 0 unspecified atom stereocenters. The molecule has 1 aliphatic heterocycles.